The normalized spacial score (nSPS) is 10.4. The molecule has 2 nitrogen and oxygen atoms in total. The van der Waals surface area contributed by atoms with E-state index in [1.54, 1.807) is 0 Å². The molecule has 0 aromatic heterocycles. The van der Waals surface area contributed by atoms with Crippen LogP contribution in [0, 0.1) is 6.92 Å². The van der Waals surface area contributed by atoms with Crippen molar-refractivity contribution in [2.45, 2.75) is 13.5 Å². The molecule has 94 valence electrons. The molecule has 3 heteroatoms. The molecule has 2 aromatic rings. The van der Waals surface area contributed by atoms with Gasteiger partial charge in [0.05, 0.1) is 0 Å². The van der Waals surface area contributed by atoms with Gasteiger partial charge in [0.25, 0.3) is 0 Å². The van der Waals surface area contributed by atoms with Crippen molar-refractivity contribution in [1.29, 1.82) is 0 Å². The number of halogens is 1. The smallest absolute Gasteiger partial charge is 0.131 e. The van der Waals surface area contributed by atoms with Gasteiger partial charge in [-0.05, 0) is 37.7 Å². The van der Waals surface area contributed by atoms with Crippen LogP contribution in [0.2, 0.25) is 0 Å². The first kappa shape index (κ1) is 13.1. The number of ether oxygens (including phenoxy) is 1. The van der Waals surface area contributed by atoms with Crippen LogP contribution in [0.25, 0.3) is 0 Å². The van der Waals surface area contributed by atoms with E-state index < -0.39 is 0 Å². The summed E-state index contributed by atoms with van der Waals surface area (Å²) in [5, 5.41) is 3.15. The minimum absolute atomic E-state index is 0.795. The summed E-state index contributed by atoms with van der Waals surface area (Å²) < 4.78 is 7.03. The highest BCUT2D eigenvalue weighted by molar-refractivity contribution is 9.10. The van der Waals surface area contributed by atoms with Crippen LogP contribution in [0.1, 0.15) is 11.1 Å². The third-order valence-corrected chi connectivity index (χ3v) is 3.20. The topological polar surface area (TPSA) is 21.3 Å². The van der Waals surface area contributed by atoms with Crippen molar-refractivity contribution >= 4 is 15.9 Å². The van der Waals surface area contributed by atoms with Gasteiger partial charge in [-0.2, -0.15) is 0 Å². The second-order valence-corrected chi connectivity index (χ2v) is 5.07. The van der Waals surface area contributed by atoms with Crippen molar-refractivity contribution in [2.24, 2.45) is 0 Å². The molecule has 0 spiro atoms. The van der Waals surface area contributed by atoms with Gasteiger partial charge in [0, 0.05) is 16.6 Å². The Bertz CT molecular complexity index is 540. The summed E-state index contributed by atoms with van der Waals surface area (Å²) in [5.74, 6) is 1.78. The van der Waals surface area contributed by atoms with Crippen molar-refractivity contribution in [1.82, 2.24) is 5.32 Å². The lowest BCUT2D eigenvalue weighted by Gasteiger charge is -2.13. The van der Waals surface area contributed by atoms with Crippen LogP contribution in [0.5, 0.6) is 11.5 Å². The van der Waals surface area contributed by atoms with Gasteiger partial charge in [0.2, 0.25) is 0 Å². The van der Waals surface area contributed by atoms with Gasteiger partial charge in [0.1, 0.15) is 11.5 Å². The predicted molar refractivity (Wildman–Crippen MR) is 78.2 cm³/mol. The number of aryl methyl sites for hydroxylation is 1. The highest BCUT2D eigenvalue weighted by Gasteiger charge is 2.06. The van der Waals surface area contributed by atoms with Gasteiger partial charge in [0.15, 0.2) is 0 Å². The number of hydrogen-bond acceptors (Lipinski definition) is 2. The lowest BCUT2D eigenvalue weighted by Crippen LogP contribution is -2.06. The van der Waals surface area contributed by atoms with Gasteiger partial charge < -0.3 is 10.1 Å². The molecule has 0 heterocycles. The van der Waals surface area contributed by atoms with Gasteiger partial charge in [-0.15, -0.1) is 0 Å². The minimum atomic E-state index is 0.795. The minimum Gasteiger partial charge on any atom is -0.457 e. The van der Waals surface area contributed by atoms with E-state index in [1.165, 1.54) is 0 Å². The maximum atomic E-state index is 6.00. The van der Waals surface area contributed by atoms with Crippen LogP contribution >= 0.6 is 15.9 Å². The summed E-state index contributed by atoms with van der Waals surface area (Å²) >= 11 is 3.47. The first-order valence-electron chi connectivity index (χ1n) is 5.87. The molecule has 0 amide bonds. The second kappa shape index (κ2) is 6.03. The van der Waals surface area contributed by atoms with Gasteiger partial charge in [-0.1, -0.05) is 40.2 Å². The number of hydrogen-bond donors (Lipinski definition) is 1. The molecule has 2 aromatic carbocycles. The first-order valence-corrected chi connectivity index (χ1v) is 6.66. The van der Waals surface area contributed by atoms with E-state index in [0.717, 1.165) is 33.6 Å². The standard InChI is InChI=1S/C15H16BrNO/c1-11-7-8-13(16)9-15(11)18-14-6-4-3-5-12(14)10-17-2/h3-9,17H,10H2,1-2H3. The molecule has 0 saturated heterocycles. The Labute approximate surface area is 116 Å². The molecule has 2 rings (SSSR count). The van der Waals surface area contributed by atoms with E-state index in [-0.39, 0.29) is 0 Å². The van der Waals surface area contributed by atoms with E-state index in [2.05, 4.69) is 27.3 Å². The van der Waals surface area contributed by atoms with Crippen molar-refractivity contribution in [2.75, 3.05) is 7.05 Å². The molecule has 0 aliphatic carbocycles. The molecule has 1 N–H and O–H groups in total. The fourth-order valence-corrected chi connectivity index (χ4v) is 2.08. The third-order valence-electron chi connectivity index (χ3n) is 2.71. The Hall–Kier alpha value is -1.32. The summed E-state index contributed by atoms with van der Waals surface area (Å²) in [6.45, 7) is 2.84. The molecule has 0 bridgehead atoms. The number of benzene rings is 2. The molecule has 0 saturated carbocycles. The van der Waals surface area contributed by atoms with Crippen LogP contribution in [0.4, 0.5) is 0 Å². The van der Waals surface area contributed by atoms with E-state index >= 15 is 0 Å². The van der Waals surface area contributed by atoms with Gasteiger partial charge in [-0.3, -0.25) is 0 Å². The summed E-state index contributed by atoms with van der Waals surface area (Å²) in [6, 6.07) is 14.1. The molecule has 0 fully saturated rings. The number of nitrogens with one attached hydrogen (secondary N) is 1. The Kier molecular flexibility index (Phi) is 4.39. The van der Waals surface area contributed by atoms with Gasteiger partial charge >= 0.3 is 0 Å². The lowest BCUT2D eigenvalue weighted by atomic mass is 10.2. The van der Waals surface area contributed by atoms with Crippen LogP contribution in [0.3, 0.4) is 0 Å². The molecular weight excluding hydrogens is 290 g/mol. The van der Waals surface area contributed by atoms with Crippen molar-refractivity contribution in [3.8, 4) is 11.5 Å². The first-order chi connectivity index (χ1) is 8.70. The molecule has 0 unspecified atom stereocenters. The van der Waals surface area contributed by atoms with Crippen LogP contribution < -0.4 is 10.1 Å². The molecular formula is C15H16BrNO. The van der Waals surface area contributed by atoms with E-state index in [0.29, 0.717) is 0 Å². The fraction of sp³-hybridized carbons (Fsp3) is 0.200. The average Bonchev–Trinajstić information content (AvgIpc) is 2.36. The van der Waals surface area contributed by atoms with Crippen LogP contribution in [-0.2, 0) is 6.54 Å². The van der Waals surface area contributed by atoms with Crippen molar-refractivity contribution in [3.05, 3.63) is 58.1 Å². The molecule has 0 atom stereocenters. The third kappa shape index (κ3) is 3.12. The van der Waals surface area contributed by atoms with Crippen LogP contribution in [0.15, 0.2) is 46.9 Å². The highest BCUT2D eigenvalue weighted by atomic mass is 79.9. The molecule has 18 heavy (non-hydrogen) atoms. The van der Waals surface area contributed by atoms with E-state index in [9.17, 15) is 0 Å². The van der Waals surface area contributed by atoms with E-state index in [1.807, 2.05) is 50.4 Å². The summed E-state index contributed by atoms with van der Waals surface area (Å²) in [5.41, 5.74) is 2.27. The van der Waals surface area contributed by atoms with Gasteiger partial charge in [-0.25, -0.2) is 0 Å². The Morgan fingerprint density at radius 1 is 1.11 bits per heavy atom. The largest absolute Gasteiger partial charge is 0.457 e. The molecule has 0 aliphatic heterocycles. The Balaban J connectivity index is 2.30. The summed E-state index contributed by atoms with van der Waals surface area (Å²) in [4.78, 5) is 0. The van der Waals surface area contributed by atoms with E-state index in [4.69, 9.17) is 4.74 Å². The zero-order chi connectivity index (χ0) is 13.0. The monoisotopic (exact) mass is 305 g/mol. The Morgan fingerprint density at radius 3 is 2.67 bits per heavy atom. The van der Waals surface area contributed by atoms with Crippen LogP contribution in [-0.4, -0.2) is 7.05 Å². The predicted octanol–water partition coefficient (Wildman–Crippen LogP) is 4.27. The molecule has 0 radical (unpaired) electrons. The second-order valence-electron chi connectivity index (χ2n) is 4.15. The maximum Gasteiger partial charge on any atom is 0.131 e. The summed E-state index contributed by atoms with van der Waals surface area (Å²) in [6.07, 6.45) is 0. The lowest BCUT2D eigenvalue weighted by molar-refractivity contribution is 0.470. The number of rotatable bonds is 4. The highest BCUT2D eigenvalue weighted by Crippen LogP contribution is 2.30. The number of para-hydroxylation sites is 1. The maximum absolute atomic E-state index is 6.00. The van der Waals surface area contributed by atoms with Crippen molar-refractivity contribution in [3.63, 3.8) is 0 Å². The Morgan fingerprint density at radius 2 is 1.89 bits per heavy atom. The fourth-order valence-electron chi connectivity index (χ4n) is 1.74. The SMILES string of the molecule is CNCc1ccccc1Oc1cc(Br)ccc1C. The molecule has 0 aliphatic rings. The zero-order valence-corrected chi connectivity index (χ0v) is 12.1. The summed E-state index contributed by atoms with van der Waals surface area (Å²) in [7, 11) is 1.93. The average molecular weight is 306 g/mol. The quantitative estimate of drug-likeness (QED) is 0.911. The zero-order valence-electron chi connectivity index (χ0n) is 10.5. The van der Waals surface area contributed by atoms with Crippen molar-refractivity contribution < 1.29 is 4.74 Å².